The lowest BCUT2D eigenvalue weighted by atomic mass is 10.1. The molecule has 4 rings (SSSR count). The SMILES string of the molecule is CCCn1c(-c2cccc(C(=O)Nc3ccc(NC(C)=O)cc3)c2)nc2cccnc21. The average molecular weight is 413 g/mol. The number of hydrogen-bond acceptors (Lipinski definition) is 4. The summed E-state index contributed by atoms with van der Waals surface area (Å²) in [6, 6.07) is 18.2. The van der Waals surface area contributed by atoms with Crippen LogP contribution < -0.4 is 10.6 Å². The summed E-state index contributed by atoms with van der Waals surface area (Å²) in [6.07, 6.45) is 2.71. The van der Waals surface area contributed by atoms with Crippen LogP contribution in [0.25, 0.3) is 22.6 Å². The first-order valence-electron chi connectivity index (χ1n) is 10.2. The standard InChI is InChI=1S/C24H23N5O2/c1-3-14-29-22(28-21-8-5-13-25-23(21)29)17-6-4-7-18(15-17)24(31)27-20-11-9-19(10-12-20)26-16(2)30/h4-13,15H,3,14H2,1-2H3,(H,26,30)(H,27,31). The van der Waals surface area contributed by atoms with Crippen molar-refractivity contribution in [3.05, 3.63) is 72.4 Å². The second-order valence-corrected chi connectivity index (χ2v) is 7.23. The van der Waals surface area contributed by atoms with Crippen LogP contribution in [-0.4, -0.2) is 26.3 Å². The highest BCUT2D eigenvalue weighted by molar-refractivity contribution is 6.05. The van der Waals surface area contributed by atoms with E-state index in [0.717, 1.165) is 35.5 Å². The van der Waals surface area contributed by atoms with E-state index in [1.54, 1.807) is 36.5 Å². The smallest absolute Gasteiger partial charge is 0.255 e. The van der Waals surface area contributed by atoms with Crippen LogP contribution in [0.15, 0.2) is 66.9 Å². The van der Waals surface area contributed by atoms with Gasteiger partial charge in [0.25, 0.3) is 5.91 Å². The summed E-state index contributed by atoms with van der Waals surface area (Å²) in [5.41, 5.74) is 4.39. The minimum absolute atomic E-state index is 0.141. The van der Waals surface area contributed by atoms with E-state index in [-0.39, 0.29) is 11.8 Å². The topological polar surface area (TPSA) is 88.9 Å². The van der Waals surface area contributed by atoms with E-state index in [2.05, 4.69) is 27.1 Å². The number of amides is 2. The van der Waals surface area contributed by atoms with Crippen molar-refractivity contribution < 1.29 is 9.59 Å². The minimum atomic E-state index is -0.217. The van der Waals surface area contributed by atoms with Gasteiger partial charge in [-0.2, -0.15) is 0 Å². The van der Waals surface area contributed by atoms with Crippen LogP contribution in [0.2, 0.25) is 0 Å². The molecule has 0 aliphatic rings. The molecule has 7 heteroatoms. The van der Waals surface area contributed by atoms with Crippen LogP contribution in [0.3, 0.4) is 0 Å². The number of imidazole rings is 1. The number of aryl methyl sites for hydroxylation is 1. The highest BCUT2D eigenvalue weighted by atomic mass is 16.2. The molecule has 0 bridgehead atoms. The molecule has 2 heterocycles. The average Bonchev–Trinajstić information content (AvgIpc) is 3.14. The van der Waals surface area contributed by atoms with Crippen molar-refractivity contribution in [2.45, 2.75) is 26.8 Å². The molecule has 31 heavy (non-hydrogen) atoms. The molecule has 0 aliphatic carbocycles. The lowest BCUT2D eigenvalue weighted by Gasteiger charge is -2.10. The van der Waals surface area contributed by atoms with Crippen LogP contribution in [0.5, 0.6) is 0 Å². The highest BCUT2D eigenvalue weighted by Crippen LogP contribution is 2.25. The van der Waals surface area contributed by atoms with E-state index >= 15 is 0 Å². The van der Waals surface area contributed by atoms with Crippen molar-refractivity contribution in [1.82, 2.24) is 14.5 Å². The highest BCUT2D eigenvalue weighted by Gasteiger charge is 2.15. The molecule has 0 unspecified atom stereocenters. The molecule has 0 radical (unpaired) electrons. The Balaban J connectivity index is 1.60. The number of benzene rings is 2. The van der Waals surface area contributed by atoms with E-state index in [9.17, 15) is 9.59 Å². The van der Waals surface area contributed by atoms with E-state index in [0.29, 0.717) is 16.9 Å². The van der Waals surface area contributed by atoms with Gasteiger partial charge in [0.15, 0.2) is 5.65 Å². The summed E-state index contributed by atoms with van der Waals surface area (Å²) in [6.45, 7) is 4.35. The first-order valence-corrected chi connectivity index (χ1v) is 10.2. The van der Waals surface area contributed by atoms with Crippen LogP contribution in [-0.2, 0) is 11.3 Å². The molecule has 156 valence electrons. The fourth-order valence-corrected chi connectivity index (χ4v) is 3.46. The van der Waals surface area contributed by atoms with Gasteiger partial charge in [0.2, 0.25) is 5.91 Å². The molecule has 0 aliphatic heterocycles. The molecule has 0 atom stereocenters. The number of nitrogens with zero attached hydrogens (tertiary/aromatic N) is 3. The van der Waals surface area contributed by atoms with Crippen molar-refractivity contribution in [2.75, 3.05) is 10.6 Å². The molecule has 0 spiro atoms. The number of aromatic nitrogens is 3. The molecular weight excluding hydrogens is 390 g/mol. The fraction of sp³-hybridized carbons (Fsp3) is 0.167. The summed E-state index contributed by atoms with van der Waals surface area (Å²) < 4.78 is 2.09. The maximum Gasteiger partial charge on any atom is 0.255 e. The molecule has 2 aromatic heterocycles. The van der Waals surface area contributed by atoms with Crippen molar-refractivity contribution in [3.8, 4) is 11.4 Å². The molecule has 7 nitrogen and oxygen atoms in total. The summed E-state index contributed by atoms with van der Waals surface area (Å²) in [5.74, 6) is 0.438. The maximum atomic E-state index is 12.8. The van der Waals surface area contributed by atoms with Gasteiger partial charge in [-0.1, -0.05) is 19.1 Å². The van der Waals surface area contributed by atoms with Crippen molar-refractivity contribution >= 4 is 34.4 Å². The number of carbonyl (C=O) groups excluding carboxylic acids is 2. The molecule has 2 aromatic carbocycles. The molecule has 2 amide bonds. The quantitative estimate of drug-likeness (QED) is 0.479. The van der Waals surface area contributed by atoms with Gasteiger partial charge in [0.1, 0.15) is 11.3 Å². The Morgan fingerprint density at radius 3 is 2.42 bits per heavy atom. The molecule has 0 saturated heterocycles. The van der Waals surface area contributed by atoms with Crippen molar-refractivity contribution in [3.63, 3.8) is 0 Å². The zero-order valence-corrected chi connectivity index (χ0v) is 17.4. The number of carbonyl (C=O) groups is 2. The zero-order chi connectivity index (χ0) is 21.8. The summed E-state index contributed by atoms with van der Waals surface area (Å²) in [4.78, 5) is 33.2. The van der Waals surface area contributed by atoms with E-state index in [1.807, 2.05) is 30.3 Å². The van der Waals surface area contributed by atoms with Gasteiger partial charge in [-0.15, -0.1) is 0 Å². The lowest BCUT2D eigenvalue weighted by Crippen LogP contribution is -2.12. The van der Waals surface area contributed by atoms with Gasteiger partial charge < -0.3 is 15.2 Å². The largest absolute Gasteiger partial charge is 0.326 e. The van der Waals surface area contributed by atoms with E-state index < -0.39 is 0 Å². The zero-order valence-electron chi connectivity index (χ0n) is 17.4. The van der Waals surface area contributed by atoms with Crippen LogP contribution in [0.1, 0.15) is 30.6 Å². The lowest BCUT2D eigenvalue weighted by molar-refractivity contribution is -0.114. The third-order valence-corrected chi connectivity index (χ3v) is 4.80. The summed E-state index contributed by atoms with van der Waals surface area (Å²) >= 11 is 0. The maximum absolute atomic E-state index is 12.8. The summed E-state index contributed by atoms with van der Waals surface area (Å²) in [5, 5.41) is 5.60. The number of hydrogen-bond donors (Lipinski definition) is 2. The van der Waals surface area contributed by atoms with E-state index in [1.165, 1.54) is 6.92 Å². The molecule has 2 N–H and O–H groups in total. The third-order valence-electron chi connectivity index (χ3n) is 4.80. The molecule has 0 fully saturated rings. The predicted octanol–water partition coefficient (Wildman–Crippen LogP) is 4.72. The monoisotopic (exact) mass is 413 g/mol. The Morgan fingerprint density at radius 1 is 0.968 bits per heavy atom. The Morgan fingerprint density at radius 2 is 1.71 bits per heavy atom. The van der Waals surface area contributed by atoms with Gasteiger partial charge in [0.05, 0.1) is 0 Å². The number of pyridine rings is 1. The van der Waals surface area contributed by atoms with Crippen molar-refractivity contribution in [1.29, 1.82) is 0 Å². The first-order chi connectivity index (χ1) is 15.0. The molecule has 4 aromatic rings. The Bertz CT molecular complexity index is 1240. The fourth-order valence-electron chi connectivity index (χ4n) is 3.46. The third kappa shape index (κ3) is 4.45. The molecular formula is C24H23N5O2. The predicted molar refractivity (Wildman–Crippen MR) is 122 cm³/mol. The van der Waals surface area contributed by atoms with Crippen molar-refractivity contribution in [2.24, 2.45) is 0 Å². The second kappa shape index (κ2) is 8.79. The van der Waals surface area contributed by atoms with Crippen LogP contribution in [0, 0.1) is 0 Å². The minimum Gasteiger partial charge on any atom is -0.326 e. The molecule has 0 saturated carbocycles. The number of fused-ring (bicyclic) bond motifs is 1. The van der Waals surface area contributed by atoms with Crippen LogP contribution in [0.4, 0.5) is 11.4 Å². The Labute approximate surface area is 180 Å². The first kappa shape index (κ1) is 20.3. The van der Waals surface area contributed by atoms with Crippen LogP contribution >= 0.6 is 0 Å². The van der Waals surface area contributed by atoms with Gasteiger partial charge in [-0.3, -0.25) is 9.59 Å². The Kier molecular flexibility index (Phi) is 5.75. The second-order valence-electron chi connectivity index (χ2n) is 7.23. The van der Waals surface area contributed by atoms with E-state index in [4.69, 9.17) is 4.98 Å². The van der Waals surface area contributed by atoms with Gasteiger partial charge in [-0.25, -0.2) is 9.97 Å². The van der Waals surface area contributed by atoms with Gasteiger partial charge >= 0.3 is 0 Å². The number of nitrogens with one attached hydrogen (secondary N) is 2. The van der Waals surface area contributed by atoms with Gasteiger partial charge in [0, 0.05) is 42.2 Å². The number of anilines is 2. The number of rotatable bonds is 6. The van der Waals surface area contributed by atoms with Gasteiger partial charge in [-0.05, 0) is 55.0 Å². The normalized spacial score (nSPS) is 10.8. The Hall–Kier alpha value is -4.00. The summed E-state index contributed by atoms with van der Waals surface area (Å²) in [7, 11) is 0.